The standard InChI is InChI=1S/C18H21N3O3/c1-3-4-10-20-17(22)13-9-11-19-16(12-13)18(23)21-14-5-7-15(24-2)8-6-14/h5-9,11-12H,3-4,10H2,1-2H3,(H,20,22)(H,21,23). The van der Waals surface area contributed by atoms with Crippen LogP contribution in [0.5, 0.6) is 5.75 Å². The van der Waals surface area contributed by atoms with Gasteiger partial charge in [-0.3, -0.25) is 14.6 Å². The molecule has 1 aromatic heterocycles. The predicted octanol–water partition coefficient (Wildman–Crippen LogP) is 2.87. The average molecular weight is 327 g/mol. The van der Waals surface area contributed by atoms with Crippen LogP contribution in [0, 0.1) is 0 Å². The fraction of sp³-hybridized carbons (Fsp3) is 0.278. The fourth-order valence-electron chi connectivity index (χ4n) is 2.05. The van der Waals surface area contributed by atoms with E-state index < -0.39 is 0 Å². The number of hydrogen-bond donors (Lipinski definition) is 2. The van der Waals surface area contributed by atoms with E-state index in [0.29, 0.717) is 23.5 Å². The van der Waals surface area contributed by atoms with Gasteiger partial charge in [-0.15, -0.1) is 0 Å². The van der Waals surface area contributed by atoms with E-state index in [1.807, 2.05) is 0 Å². The molecule has 0 bridgehead atoms. The third-order valence-electron chi connectivity index (χ3n) is 3.42. The molecule has 2 aromatic rings. The van der Waals surface area contributed by atoms with Crippen molar-refractivity contribution in [2.75, 3.05) is 19.0 Å². The first-order chi connectivity index (χ1) is 11.6. The summed E-state index contributed by atoms with van der Waals surface area (Å²) < 4.78 is 5.07. The maximum atomic E-state index is 12.3. The fourth-order valence-corrected chi connectivity index (χ4v) is 2.05. The molecule has 0 aliphatic rings. The Morgan fingerprint density at radius 1 is 1.12 bits per heavy atom. The van der Waals surface area contributed by atoms with Crippen LogP contribution in [0.3, 0.4) is 0 Å². The van der Waals surface area contributed by atoms with Gasteiger partial charge < -0.3 is 15.4 Å². The number of pyridine rings is 1. The number of nitrogens with zero attached hydrogens (tertiary/aromatic N) is 1. The minimum atomic E-state index is -0.372. The van der Waals surface area contributed by atoms with E-state index >= 15 is 0 Å². The minimum Gasteiger partial charge on any atom is -0.497 e. The number of nitrogens with one attached hydrogen (secondary N) is 2. The van der Waals surface area contributed by atoms with Gasteiger partial charge in [0.1, 0.15) is 11.4 Å². The van der Waals surface area contributed by atoms with Crippen LogP contribution in [0.15, 0.2) is 42.6 Å². The Morgan fingerprint density at radius 3 is 2.54 bits per heavy atom. The highest BCUT2D eigenvalue weighted by Crippen LogP contribution is 2.15. The second-order valence-electron chi connectivity index (χ2n) is 5.22. The third kappa shape index (κ3) is 4.81. The number of anilines is 1. The first kappa shape index (κ1) is 17.5. The van der Waals surface area contributed by atoms with E-state index in [-0.39, 0.29) is 17.5 Å². The van der Waals surface area contributed by atoms with Crippen LogP contribution in [0.2, 0.25) is 0 Å². The van der Waals surface area contributed by atoms with Crippen LogP contribution in [-0.2, 0) is 0 Å². The van der Waals surface area contributed by atoms with Gasteiger partial charge in [-0.25, -0.2) is 0 Å². The zero-order chi connectivity index (χ0) is 17.4. The molecule has 6 nitrogen and oxygen atoms in total. The van der Waals surface area contributed by atoms with Crippen molar-refractivity contribution in [2.24, 2.45) is 0 Å². The lowest BCUT2D eigenvalue weighted by molar-refractivity contribution is 0.0953. The normalized spacial score (nSPS) is 10.1. The van der Waals surface area contributed by atoms with Crippen LogP contribution in [0.4, 0.5) is 5.69 Å². The van der Waals surface area contributed by atoms with E-state index in [0.717, 1.165) is 12.8 Å². The first-order valence-corrected chi connectivity index (χ1v) is 7.83. The van der Waals surface area contributed by atoms with Gasteiger partial charge in [-0.2, -0.15) is 0 Å². The minimum absolute atomic E-state index is 0.189. The molecule has 0 saturated heterocycles. The van der Waals surface area contributed by atoms with Gasteiger partial charge in [0.2, 0.25) is 0 Å². The molecule has 0 unspecified atom stereocenters. The Labute approximate surface area is 141 Å². The molecule has 24 heavy (non-hydrogen) atoms. The van der Waals surface area contributed by atoms with Gasteiger partial charge >= 0.3 is 0 Å². The maximum absolute atomic E-state index is 12.3. The summed E-state index contributed by atoms with van der Waals surface area (Å²) >= 11 is 0. The zero-order valence-electron chi connectivity index (χ0n) is 13.8. The molecule has 1 heterocycles. The Kier molecular flexibility index (Phi) is 6.31. The zero-order valence-corrected chi connectivity index (χ0v) is 13.8. The molecule has 0 fully saturated rings. The van der Waals surface area contributed by atoms with Crippen molar-refractivity contribution in [3.05, 3.63) is 53.9 Å². The Morgan fingerprint density at radius 2 is 1.88 bits per heavy atom. The van der Waals surface area contributed by atoms with E-state index in [9.17, 15) is 9.59 Å². The Balaban J connectivity index is 2.03. The quantitative estimate of drug-likeness (QED) is 0.766. The molecule has 0 spiro atoms. The molecule has 2 amide bonds. The van der Waals surface area contributed by atoms with Crippen LogP contribution in [-0.4, -0.2) is 30.5 Å². The van der Waals surface area contributed by atoms with Crippen molar-refractivity contribution in [3.8, 4) is 5.75 Å². The summed E-state index contributed by atoms with van der Waals surface area (Å²) in [6, 6.07) is 10.0. The Bertz CT molecular complexity index is 699. The third-order valence-corrected chi connectivity index (χ3v) is 3.42. The highest BCUT2D eigenvalue weighted by molar-refractivity contribution is 6.04. The molecule has 0 saturated carbocycles. The van der Waals surface area contributed by atoms with Gasteiger partial charge in [0.25, 0.3) is 11.8 Å². The second-order valence-corrected chi connectivity index (χ2v) is 5.22. The molecule has 2 N–H and O–H groups in total. The summed E-state index contributed by atoms with van der Waals surface area (Å²) in [4.78, 5) is 28.3. The van der Waals surface area contributed by atoms with Gasteiger partial charge in [0, 0.05) is 24.0 Å². The SMILES string of the molecule is CCCCNC(=O)c1ccnc(C(=O)Nc2ccc(OC)cc2)c1. The topological polar surface area (TPSA) is 80.3 Å². The van der Waals surface area contributed by atoms with Crippen molar-refractivity contribution in [3.63, 3.8) is 0 Å². The van der Waals surface area contributed by atoms with Crippen LogP contribution < -0.4 is 15.4 Å². The smallest absolute Gasteiger partial charge is 0.274 e. The molecule has 126 valence electrons. The lowest BCUT2D eigenvalue weighted by Crippen LogP contribution is -2.25. The summed E-state index contributed by atoms with van der Waals surface area (Å²) in [6.07, 6.45) is 3.38. The van der Waals surface area contributed by atoms with E-state index in [1.165, 1.54) is 12.3 Å². The molecule has 0 aliphatic heterocycles. The van der Waals surface area contributed by atoms with Crippen molar-refractivity contribution in [2.45, 2.75) is 19.8 Å². The molecular weight excluding hydrogens is 306 g/mol. The Hall–Kier alpha value is -2.89. The van der Waals surface area contributed by atoms with E-state index in [2.05, 4.69) is 22.5 Å². The number of hydrogen-bond acceptors (Lipinski definition) is 4. The summed E-state index contributed by atoms with van der Waals surface area (Å²) in [5.74, 6) is 0.129. The lowest BCUT2D eigenvalue weighted by atomic mass is 10.2. The highest BCUT2D eigenvalue weighted by Gasteiger charge is 2.12. The molecule has 0 atom stereocenters. The number of methoxy groups -OCH3 is 1. The summed E-state index contributed by atoms with van der Waals surface area (Å²) in [7, 11) is 1.58. The average Bonchev–Trinajstić information content (AvgIpc) is 2.62. The van der Waals surface area contributed by atoms with Gasteiger partial charge in [0.15, 0.2) is 0 Å². The number of ether oxygens (including phenoxy) is 1. The molecule has 2 rings (SSSR count). The maximum Gasteiger partial charge on any atom is 0.274 e. The number of benzene rings is 1. The van der Waals surface area contributed by atoms with Gasteiger partial charge in [0.05, 0.1) is 7.11 Å². The largest absolute Gasteiger partial charge is 0.497 e. The van der Waals surface area contributed by atoms with Crippen LogP contribution >= 0.6 is 0 Å². The van der Waals surface area contributed by atoms with Crippen molar-refractivity contribution >= 4 is 17.5 Å². The number of unbranched alkanes of at least 4 members (excludes halogenated alkanes) is 1. The number of amides is 2. The monoisotopic (exact) mass is 327 g/mol. The molecular formula is C18H21N3O3. The van der Waals surface area contributed by atoms with Crippen molar-refractivity contribution in [1.29, 1.82) is 0 Å². The number of carbonyl (C=O) groups is 2. The van der Waals surface area contributed by atoms with E-state index in [1.54, 1.807) is 37.4 Å². The number of aromatic nitrogens is 1. The van der Waals surface area contributed by atoms with E-state index in [4.69, 9.17) is 4.74 Å². The summed E-state index contributed by atoms with van der Waals surface area (Å²) in [6.45, 7) is 2.67. The second kappa shape index (κ2) is 8.67. The van der Waals surface area contributed by atoms with Crippen LogP contribution in [0.25, 0.3) is 0 Å². The molecule has 0 radical (unpaired) electrons. The molecule has 6 heteroatoms. The van der Waals surface area contributed by atoms with Crippen molar-refractivity contribution in [1.82, 2.24) is 10.3 Å². The molecule has 1 aromatic carbocycles. The predicted molar refractivity (Wildman–Crippen MR) is 92.4 cm³/mol. The number of carbonyl (C=O) groups excluding carboxylic acids is 2. The summed E-state index contributed by atoms with van der Waals surface area (Å²) in [5, 5.41) is 5.56. The van der Waals surface area contributed by atoms with Crippen molar-refractivity contribution < 1.29 is 14.3 Å². The highest BCUT2D eigenvalue weighted by atomic mass is 16.5. The molecule has 0 aliphatic carbocycles. The van der Waals surface area contributed by atoms with Gasteiger partial charge in [-0.1, -0.05) is 13.3 Å². The first-order valence-electron chi connectivity index (χ1n) is 7.83. The van der Waals surface area contributed by atoms with Crippen LogP contribution in [0.1, 0.15) is 40.6 Å². The summed E-state index contributed by atoms with van der Waals surface area (Å²) in [5.41, 5.74) is 1.23. The lowest BCUT2D eigenvalue weighted by Gasteiger charge is -2.08. The number of rotatable bonds is 7. The van der Waals surface area contributed by atoms with Gasteiger partial charge in [-0.05, 0) is 42.8 Å².